The van der Waals surface area contributed by atoms with Crippen LogP contribution >= 0.6 is 0 Å². The summed E-state index contributed by atoms with van der Waals surface area (Å²) >= 11 is 0. The fraction of sp³-hybridized carbons (Fsp3) is 0.462. The maximum Gasteiger partial charge on any atom is 0.328 e. The molecule has 1 heterocycles. The van der Waals surface area contributed by atoms with Gasteiger partial charge in [0.1, 0.15) is 6.04 Å². The highest BCUT2D eigenvalue weighted by Crippen LogP contribution is 1.99. The molecule has 0 fully saturated rings. The summed E-state index contributed by atoms with van der Waals surface area (Å²) in [7, 11) is 0. The SMILES string of the molecule is CC(C)COC(=O)C(C)NC(=O)c1cccnc1. The molecule has 1 atom stereocenters. The van der Waals surface area contributed by atoms with E-state index in [9.17, 15) is 9.59 Å². The summed E-state index contributed by atoms with van der Waals surface area (Å²) < 4.78 is 5.03. The first-order valence-electron chi connectivity index (χ1n) is 5.88. The molecule has 5 nitrogen and oxygen atoms in total. The number of esters is 1. The van der Waals surface area contributed by atoms with E-state index in [4.69, 9.17) is 4.74 Å². The molecule has 1 aromatic heterocycles. The van der Waals surface area contributed by atoms with Gasteiger partial charge in [-0.05, 0) is 25.0 Å². The van der Waals surface area contributed by atoms with Crippen LogP contribution in [0.25, 0.3) is 0 Å². The molecular formula is C13H18N2O3. The predicted octanol–water partition coefficient (Wildman–Crippen LogP) is 1.40. The molecule has 98 valence electrons. The molecule has 1 aromatic rings. The molecule has 0 aliphatic rings. The van der Waals surface area contributed by atoms with Crippen molar-refractivity contribution in [3.8, 4) is 0 Å². The summed E-state index contributed by atoms with van der Waals surface area (Å²) in [5.41, 5.74) is 0.418. The van der Waals surface area contributed by atoms with Crippen molar-refractivity contribution in [2.75, 3.05) is 6.61 Å². The minimum Gasteiger partial charge on any atom is -0.464 e. The van der Waals surface area contributed by atoms with E-state index in [1.807, 2.05) is 13.8 Å². The predicted molar refractivity (Wildman–Crippen MR) is 67.0 cm³/mol. The second-order valence-electron chi connectivity index (χ2n) is 4.46. The average molecular weight is 250 g/mol. The van der Waals surface area contributed by atoms with Crippen LogP contribution in [0, 0.1) is 5.92 Å². The number of nitrogens with one attached hydrogen (secondary N) is 1. The van der Waals surface area contributed by atoms with Gasteiger partial charge in [0.2, 0.25) is 0 Å². The van der Waals surface area contributed by atoms with Gasteiger partial charge in [-0.25, -0.2) is 4.79 Å². The fourth-order valence-electron chi connectivity index (χ4n) is 1.21. The summed E-state index contributed by atoms with van der Waals surface area (Å²) in [6.45, 7) is 5.85. The van der Waals surface area contributed by atoms with Crippen LogP contribution in [0.5, 0.6) is 0 Å². The Kier molecular flexibility index (Phi) is 5.30. The van der Waals surface area contributed by atoms with E-state index in [0.29, 0.717) is 12.2 Å². The number of ether oxygens (including phenoxy) is 1. The van der Waals surface area contributed by atoms with E-state index in [1.54, 1.807) is 25.3 Å². The Morgan fingerprint density at radius 1 is 1.39 bits per heavy atom. The molecule has 0 aliphatic heterocycles. The van der Waals surface area contributed by atoms with E-state index < -0.39 is 12.0 Å². The van der Waals surface area contributed by atoms with Crippen LogP contribution in [0.4, 0.5) is 0 Å². The topological polar surface area (TPSA) is 68.3 Å². The molecule has 0 saturated carbocycles. The molecule has 0 bridgehead atoms. The van der Waals surface area contributed by atoms with Gasteiger partial charge in [-0.3, -0.25) is 9.78 Å². The summed E-state index contributed by atoms with van der Waals surface area (Å²) in [6, 6.07) is 2.63. The molecule has 5 heteroatoms. The highest BCUT2D eigenvalue weighted by atomic mass is 16.5. The van der Waals surface area contributed by atoms with Crippen molar-refractivity contribution >= 4 is 11.9 Å². The van der Waals surface area contributed by atoms with Crippen LogP contribution in [0.3, 0.4) is 0 Å². The van der Waals surface area contributed by atoms with Gasteiger partial charge in [0, 0.05) is 12.4 Å². The monoisotopic (exact) mass is 250 g/mol. The first-order valence-corrected chi connectivity index (χ1v) is 5.88. The average Bonchev–Trinajstić information content (AvgIpc) is 2.36. The third kappa shape index (κ3) is 4.53. The highest BCUT2D eigenvalue weighted by Gasteiger charge is 2.18. The van der Waals surface area contributed by atoms with E-state index in [-0.39, 0.29) is 11.8 Å². The number of amides is 1. The molecule has 0 spiro atoms. The lowest BCUT2D eigenvalue weighted by Gasteiger charge is -2.14. The third-order valence-corrected chi connectivity index (χ3v) is 2.18. The Morgan fingerprint density at radius 3 is 2.67 bits per heavy atom. The maximum atomic E-state index is 11.7. The van der Waals surface area contributed by atoms with E-state index in [2.05, 4.69) is 10.3 Å². The number of carbonyl (C=O) groups excluding carboxylic acids is 2. The van der Waals surface area contributed by atoms with Crippen LogP contribution in [-0.4, -0.2) is 29.5 Å². The number of nitrogens with zero attached hydrogens (tertiary/aromatic N) is 1. The fourth-order valence-corrected chi connectivity index (χ4v) is 1.21. The molecule has 0 saturated heterocycles. The smallest absolute Gasteiger partial charge is 0.328 e. The molecule has 1 unspecified atom stereocenters. The number of hydrogen-bond acceptors (Lipinski definition) is 4. The Morgan fingerprint density at radius 2 is 2.11 bits per heavy atom. The summed E-state index contributed by atoms with van der Waals surface area (Å²) in [5, 5.41) is 2.57. The molecule has 0 aliphatic carbocycles. The van der Waals surface area contributed by atoms with Gasteiger partial charge >= 0.3 is 5.97 Å². The molecule has 1 amide bonds. The van der Waals surface area contributed by atoms with Crippen LogP contribution in [0.15, 0.2) is 24.5 Å². The van der Waals surface area contributed by atoms with Gasteiger partial charge in [0.05, 0.1) is 12.2 Å². The van der Waals surface area contributed by atoms with Crippen molar-refractivity contribution in [2.45, 2.75) is 26.8 Å². The molecule has 0 aromatic carbocycles. The van der Waals surface area contributed by atoms with Crippen molar-refractivity contribution in [1.29, 1.82) is 0 Å². The number of carbonyl (C=O) groups is 2. The Labute approximate surface area is 107 Å². The lowest BCUT2D eigenvalue weighted by Crippen LogP contribution is -2.39. The molecule has 18 heavy (non-hydrogen) atoms. The van der Waals surface area contributed by atoms with Gasteiger partial charge in [0.15, 0.2) is 0 Å². The van der Waals surface area contributed by atoms with Crippen LogP contribution < -0.4 is 5.32 Å². The van der Waals surface area contributed by atoms with E-state index >= 15 is 0 Å². The zero-order valence-electron chi connectivity index (χ0n) is 10.8. The quantitative estimate of drug-likeness (QED) is 0.802. The first kappa shape index (κ1) is 14.2. The van der Waals surface area contributed by atoms with Gasteiger partial charge < -0.3 is 10.1 Å². The zero-order chi connectivity index (χ0) is 13.5. The van der Waals surface area contributed by atoms with Gasteiger partial charge in [-0.2, -0.15) is 0 Å². The van der Waals surface area contributed by atoms with Crippen LogP contribution in [-0.2, 0) is 9.53 Å². The molecule has 1 N–H and O–H groups in total. The van der Waals surface area contributed by atoms with Crippen LogP contribution in [0.2, 0.25) is 0 Å². The zero-order valence-corrected chi connectivity index (χ0v) is 10.8. The van der Waals surface area contributed by atoms with Crippen molar-refractivity contribution in [2.24, 2.45) is 5.92 Å². The van der Waals surface area contributed by atoms with Crippen molar-refractivity contribution in [1.82, 2.24) is 10.3 Å². The molecular weight excluding hydrogens is 232 g/mol. The van der Waals surface area contributed by atoms with E-state index in [1.165, 1.54) is 6.20 Å². The standard InChI is InChI=1S/C13H18N2O3/c1-9(2)8-18-13(17)10(3)15-12(16)11-5-4-6-14-7-11/h4-7,9-10H,8H2,1-3H3,(H,15,16). The second kappa shape index (κ2) is 6.74. The van der Waals surface area contributed by atoms with Crippen molar-refractivity contribution < 1.29 is 14.3 Å². The van der Waals surface area contributed by atoms with E-state index in [0.717, 1.165) is 0 Å². The summed E-state index contributed by atoms with van der Waals surface area (Å²) in [6.07, 6.45) is 3.03. The Bertz CT molecular complexity index is 404. The minimum atomic E-state index is -0.670. The van der Waals surface area contributed by atoms with Crippen molar-refractivity contribution in [3.63, 3.8) is 0 Å². The Balaban J connectivity index is 2.47. The summed E-state index contributed by atoms with van der Waals surface area (Å²) in [5.74, 6) is -0.492. The number of hydrogen-bond donors (Lipinski definition) is 1. The number of pyridine rings is 1. The number of aromatic nitrogens is 1. The normalized spacial score (nSPS) is 12.0. The molecule has 0 radical (unpaired) electrons. The first-order chi connectivity index (χ1) is 8.50. The van der Waals surface area contributed by atoms with Gasteiger partial charge in [-0.15, -0.1) is 0 Å². The summed E-state index contributed by atoms with van der Waals surface area (Å²) in [4.78, 5) is 27.1. The number of rotatable bonds is 5. The third-order valence-electron chi connectivity index (χ3n) is 2.18. The van der Waals surface area contributed by atoms with Crippen LogP contribution in [0.1, 0.15) is 31.1 Å². The molecule has 1 rings (SSSR count). The van der Waals surface area contributed by atoms with Gasteiger partial charge in [0.25, 0.3) is 5.91 Å². The lowest BCUT2D eigenvalue weighted by molar-refractivity contribution is -0.146. The van der Waals surface area contributed by atoms with Gasteiger partial charge in [-0.1, -0.05) is 13.8 Å². The largest absolute Gasteiger partial charge is 0.464 e. The second-order valence-corrected chi connectivity index (χ2v) is 4.46. The Hall–Kier alpha value is -1.91. The van der Waals surface area contributed by atoms with Crippen molar-refractivity contribution in [3.05, 3.63) is 30.1 Å². The maximum absolute atomic E-state index is 11.7. The lowest BCUT2D eigenvalue weighted by atomic mass is 10.2. The minimum absolute atomic E-state index is 0.273. The highest BCUT2D eigenvalue weighted by molar-refractivity contribution is 5.96.